The molecule has 2 fully saturated rings. The fourth-order valence-electron chi connectivity index (χ4n) is 4.81. The molecule has 0 aliphatic carbocycles. The number of nitrogens with one attached hydrogen (secondary N) is 1. The van der Waals surface area contributed by atoms with E-state index in [9.17, 15) is 8.42 Å². The number of benzene rings is 2. The van der Waals surface area contributed by atoms with E-state index in [4.69, 9.17) is 9.47 Å². The minimum atomic E-state index is -3.43. The molecule has 0 spiro atoms. The first-order valence-electron chi connectivity index (χ1n) is 12.1. The summed E-state index contributed by atoms with van der Waals surface area (Å²) in [6.45, 7) is 5.90. The van der Waals surface area contributed by atoms with Crippen LogP contribution in [-0.2, 0) is 25.9 Å². The summed E-state index contributed by atoms with van der Waals surface area (Å²) in [7, 11) is -3.43. The molecule has 2 aliphatic rings. The summed E-state index contributed by atoms with van der Waals surface area (Å²) >= 11 is 0. The molecule has 0 radical (unpaired) electrons. The Morgan fingerprint density at radius 2 is 1.67 bits per heavy atom. The second-order valence-corrected chi connectivity index (χ2v) is 11.0. The fraction of sp³-hybridized carbons (Fsp3) is 0.538. The van der Waals surface area contributed by atoms with Gasteiger partial charge in [0.1, 0.15) is 5.75 Å². The lowest BCUT2D eigenvalue weighted by molar-refractivity contribution is 0.0517. The summed E-state index contributed by atoms with van der Waals surface area (Å²) in [6, 6.07) is 17.5. The number of sulfonamides is 1. The van der Waals surface area contributed by atoms with Gasteiger partial charge in [-0.25, -0.2) is 13.1 Å². The molecule has 0 bridgehead atoms. The van der Waals surface area contributed by atoms with Crippen LogP contribution in [0, 0.1) is 0 Å². The van der Waals surface area contributed by atoms with Crippen LogP contribution in [-0.4, -0.2) is 59.3 Å². The summed E-state index contributed by atoms with van der Waals surface area (Å²) in [6.07, 6.45) is 5.25. The highest BCUT2D eigenvalue weighted by Crippen LogP contribution is 2.35. The molecule has 2 aromatic carbocycles. The van der Waals surface area contributed by atoms with Gasteiger partial charge in [-0.3, -0.25) is 0 Å². The number of rotatable bonds is 11. The maximum Gasteiger partial charge on any atom is 0.215 e. The van der Waals surface area contributed by atoms with Crippen LogP contribution in [0.5, 0.6) is 5.75 Å². The first kappa shape index (κ1) is 24.2. The van der Waals surface area contributed by atoms with Crippen molar-refractivity contribution >= 4 is 10.0 Å². The van der Waals surface area contributed by atoms with Crippen molar-refractivity contribution < 1.29 is 17.9 Å². The van der Waals surface area contributed by atoms with Gasteiger partial charge >= 0.3 is 0 Å². The molecular formula is C26H36N2O4S. The summed E-state index contributed by atoms with van der Waals surface area (Å²) in [5.41, 5.74) is 1.66. The van der Waals surface area contributed by atoms with Gasteiger partial charge in [-0.15, -0.1) is 0 Å². The Morgan fingerprint density at radius 1 is 0.970 bits per heavy atom. The zero-order valence-corrected chi connectivity index (χ0v) is 20.2. The van der Waals surface area contributed by atoms with Gasteiger partial charge in [0.15, 0.2) is 0 Å². The topological polar surface area (TPSA) is 67.9 Å². The van der Waals surface area contributed by atoms with Gasteiger partial charge in [0.05, 0.1) is 12.4 Å². The van der Waals surface area contributed by atoms with Crippen LogP contribution in [0.3, 0.4) is 0 Å². The van der Waals surface area contributed by atoms with Gasteiger partial charge in [-0.05, 0) is 68.5 Å². The summed E-state index contributed by atoms with van der Waals surface area (Å²) < 4.78 is 39.9. The average Bonchev–Trinajstić information content (AvgIpc) is 3.36. The predicted molar refractivity (Wildman–Crippen MR) is 131 cm³/mol. The highest BCUT2D eigenvalue weighted by molar-refractivity contribution is 7.88. The Hall–Kier alpha value is -1.93. The lowest BCUT2D eigenvalue weighted by Gasteiger charge is -2.38. The van der Waals surface area contributed by atoms with Crippen molar-refractivity contribution in [2.75, 3.05) is 46.0 Å². The predicted octanol–water partition coefficient (Wildman–Crippen LogP) is 3.72. The molecule has 1 N–H and O–H groups in total. The van der Waals surface area contributed by atoms with Gasteiger partial charge in [-0.1, -0.05) is 42.5 Å². The van der Waals surface area contributed by atoms with Crippen molar-refractivity contribution in [3.05, 3.63) is 65.7 Å². The Balaban J connectivity index is 1.34. The molecular weight excluding hydrogens is 436 g/mol. The van der Waals surface area contributed by atoms with Crippen LogP contribution in [0.25, 0.3) is 0 Å². The molecule has 2 aromatic rings. The van der Waals surface area contributed by atoms with Crippen molar-refractivity contribution in [1.29, 1.82) is 0 Å². The molecule has 0 atom stereocenters. The maximum atomic E-state index is 12.7. The second-order valence-electron chi connectivity index (χ2n) is 9.23. The van der Waals surface area contributed by atoms with Gasteiger partial charge in [0, 0.05) is 31.7 Å². The van der Waals surface area contributed by atoms with E-state index in [1.807, 2.05) is 42.5 Å². The molecule has 6 nitrogen and oxygen atoms in total. The van der Waals surface area contributed by atoms with Gasteiger partial charge in [0.25, 0.3) is 0 Å². The SMILES string of the molecule is O=S(=O)(Cc1ccccc1)NCC1(c2ccc(OCCCN3CCCC3)cc2)CCOCC1. The minimum Gasteiger partial charge on any atom is -0.494 e. The van der Waals surface area contributed by atoms with Crippen LogP contribution in [0.2, 0.25) is 0 Å². The highest BCUT2D eigenvalue weighted by Gasteiger charge is 2.35. The standard InChI is InChI=1S/C26H36N2O4S/c29-33(30,21-23-7-2-1-3-8-23)27-22-26(13-19-31-20-14-26)24-9-11-25(12-10-24)32-18-6-17-28-15-4-5-16-28/h1-3,7-12,27H,4-6,13-22H2. The number of hydrogen-bond acceptors (Lipinski definition) is 5. The molecule has 0 aromatic heterocycles. The molecule has 0 saturated carbocycles. The molecule has 7 heteroatoms. The second kappa shape index (κ2) is 11.5. The summed E-state index contributed by atoms with van der Waals surface area (Å²) in [5.74, 6) is 0.858. The van der Waals surface area contributed by atoms with E-state index in [1.165, 1.54) is 25.9 Å². The van der Waals surface area contributed by atoms with E-state index in [2.05, 4.69) is 21.8 Å². The lowest BCUT2D eigenvalue weighted by atomic mass is 9.74. The van der Waals surface area contributed by atoms with Crippen molar-refractivity contribution in [3.63, 3.8) is 0 Å². The van der Waals surface area contributed by atoms with Crippen molar-refractivity contribution in [2.45, 2.75) is 43.3 Å². The quantitative estimate of drug-likeness (QED) is 0.505. The smallest absolute Gasteiger partial charge is 0.215 e. The summed E-state index contributed by atoms with van der Waals surface area (Å²) in [5, 5.41) is 0. The fourth-order valence-corrected chi connectivity index (χ4v) is 6.04. The first-order chi connectivity index (χ1) is 16.0. The molecule has 4 rings (SSSR count). The van der Waals surface area contributed by atoms with E-state index >= 15 is 0 Å². The van der Waals surface area contributed by atoms with E-state index in [-0.39, 0.29) is 11.2 Å². The maximum absolute atomic E-state index is 12.7. The molecule has 2 saturated heterocycles. The van der Waals surface area contributed by atoms with Crippen molar-refractivity contribution in [3.8, 4) is 5.75 Å². The van der Waals surface area contributed by atoms with E-state index in [1.54, 1.807) is 0 Å². The first-order valence-corrected chi connectivity index (χ1v) is 13.7. The van der Waals surface area contributed by atoms with Crippen LogP contribution < -0.4 is 9.46 Å². The lowest BCUT2D eigenvalue weighted by Crippen LogP contribution is -2.44. The van der Waals surface area contributed by atoms with Gasteiger partial charge in [0.2, 0.25) is 10.0 Å². The third-order valence-electron chi connectivity index (χ3n) is 6.83. The van der Waals surface area contributed by atoms with Crippen molar-refractivity contribution in [1.82, 2.24) is 9.62 Å². The van der Waals surface area contributed by atoms with E-state index < -0.39 is 10.0 Å². The minimum absolute atomic E-state index is 0.00930. The normalized spacial score (nSPS) is 18.9. The van der Waals surface area contributed by atoms with Crippen LogP contribution in [0.1, 0.15) is 43.2 Å². The summed E-state index contributed by atoms with van der Waals surface area (Å²) in [4.78, 5) is 2.50. The Kier molecular flexibility index (Phi) is 8.41. The molecule has 0 amide bonds. The number of ether oxygens (including phenoxy) is 2. The number of likely N-dealkylation sites (tertiary alicyclic amines) is 1. The average molecular weight is 473 g/mol. The van der Waals surface area contributed by atoms with Crippen LogP contribution in [0.4, 0.5) is 0 Å². The monoisotopic (exact) mass is 472 g/mol. The third-order valence-corrected chi connectivity index (χ3v) is 8.13. The van der Waals surface area contributed by atoms with Gasteiger partial charge < -0.3 is 14.4 Å². The van der Waals surface area contributed by atoms with Crippen LogP contribution in [0.15, 0.2) is 54.6 Å². The van der Waals surface area contributed by atoms with E-state index in [0.717, 1.165) is 42.7 Å². The molecule has 0 unspecified atom stereocenters. The van der Waals surface area contributed by atoms with E-state index in [0.29, 0.717) is 26.4 Å². The zero-order valence-electron chi connectivity index (χ0n) is 19.4. The Labute approximate surface area is 198 Å². The molecule has 2 heterocycles. The zero-order chi connectivity index (χ0) is 23.0. The Morgan fingerprint density at radius 3 is 2.36 bits per heavy atom. The number of nitrogens with zero attached hydrogens (tertiary/aromatic N) is 1. The molecule has 33 heavy (non-hydrogen) atoms. The van der Waals surface area contributed by atoms with Gasteiger partial charge in [-0.2, -0.15) is 0 Å². The van der Waals surface area contributed by atoms with Crippen molar-refractivity contribution in [2.24, 2.45) is 0 Å². The molecule has 2 aliphatic heterocycles. The largest absolute Gasteiger partial charge is 0.494 e. The Bertz CT molecular complexity index is 952. The van der Waals surface area contributed by atoms with Crippen LogP contribution >= 0.6 is 0 Å². The number of hydrogen-bond donors (Lipinski definition) is 1. The third kappa shape index (κ3) is 7.03. The molecule has 180 valence electrons. The highest BCUT2D eigenvalue weighted by atomic mass is 32.2.